The van der Waals surface area contributed by atoms with Crippen LogP contribution in [0.4, 0.5) is 11.4 Å². The molecule has 0 atom stereocenters. The van der Waals surface area contributed by atoms with Crippen LogP contribution >= 0.6 is 43.6 Å². The lowest BCUT2D eigenvalue weighted by Crippen LogP contribution is -2.30. The Hall–Kier alpha value is -3.66. The molecule has 0 aliphatic carbocycles. The number of carbonyl (C=O) groups excluding carboxylic acids is 3. The number of amides is 3. The van der Waals surface area contributed by atoms with Crippen LogP contribution in [-0.4, -0.2) is 23.5 Å². The lowest BCUT2D eigenvalue weighted by molar-refractivity contribution is -0.114. The molecule has 6 nitrogen and oxygen atoms in total. The van der Waals surface area contributed by atoms with E-state index in [9.17, 15) is 14.4 Å². The van der Waals surface area contributed by atoms with Crippen molar-refractivity contribution in [1.29, 1.82) is 0 Å². The molecule has 0 saturated carbocycles. The summed E-state index contributed by atoms with van der Waals surface area (Å²) in [6.07, 6.45) is 1.62. The van der Waals surface area contributed by atoms with Gasteiger partial charge in [0.2, 0.25) is 5.91 Å². The largest absolute Gasteiger partial charge is 0.324 e. The van der Waals surface area contributed by atoms with E-state index in [1.54, 1.807) is 48.5 Å². The standard InChI is InChI=1S/C30H23Br2N3O3S/c31-22-11-6-8-20(16-22)17-27(35-29(37)21-9-2-1-3-10-21)30(38)33-23-12-7-13-24(18-23)39-19-28(36)34-26-15-5-4-14-25(26)32/h1-18H,19H2,(H,33,38)(H,34,36)(H,35,37)/b27-17+. The summed E-state index contributed by atoms with van der Waals surface area (Å²) in [5.74, 6) is -0.829. The van der Waals surface area contributed by atoms with Gasteiger partial charge < -0.3 is 16.0 Å². The number of hydrogen-bond donors (Lipinski definition) is 3. The number of benzene rings is 4. The van der Waals surface area contributed by atoms with E-state index in [1.165, 1.54) is 11.8 Å². The summed E-state index contributed by atoms with van der Waals surface area (Å²) in [7, 11) is 0. The van der Waals surface area contributed by atoms with E-state index in [0.29, 0.717) is 16.9 Å². The third-order valence-corrected chi connectivity index (χ3v) is 7.48. The molecule has 0 unspecified atom stereocenters. The minimum atomic E-state index is -0.479. The second-order valence-corrected chi connectivity index (χ2v) is 11.1. The molecule has 0 fully saturated rings. The monoisotopic (exact) mass is 663 g/mol. The highest BCUT2D eigenvalue weighted by atomic mass is 79.9. The normalized spacial score (nSPS) is 11.0. The van der Waals surface area contributed by atoms with E-state index in [-0.39, 0.29) is 17.4 Å². The van der Waals surface area contributed by atoms with Crippen molar-refractivity contribution in [2.75, 3.05) is 16.4 Å². The zero-order chi connectivity index (χ0) is 27.6. The molecule has 0 aliphatic rings. The van der Waals surface area contributed by atoms with Crippen LogP contribution in [0.3, 0.4) is 0 Å². The minimum Gasteiger partial charge on any atom is -0.324 e. The van der Waals surface area contributed by atoms with Crippen molar-refractivity contribution in [2.45, 2.75) is 4.90 Å². The van der Waals surface area contributed by atoms with Gasteiger partial charge in [0.05, 0.1) is 11.4 Å². The van der Waals surface area contributed by atoms with E-state index >= 15 is 0 Å². The zero-order valence-corrected chi connectivity index (χ0v) is 24.5. The summed E-state index contributed by atoms with van der Waals surface area (Å²) >= 11 is 8.20. The van der Waals surface area contributed by atoms with Crippen LogP contribution in [0.5, 0.6) is 0 Å². The Kier molecular flexibility index (Phi) is 10.1. The Morgan fingerprint density at radius 1 is 0.769 bits per heavy atom. The van der Waals surface area contributed by atoms with Gasteiger partial charge in [-0.2, -0.15) is 0 Å². The van der Waals surface area contributed by atoms with Gasteiger partial charge in [-0.05, 0) is 82.2 Å². The molecule has 9 heteroatoms. The van der Waals surface area contributed by atoms with Gasteiger partial charge in [-0.3, -0.25) is 14.4 Å². The number of thioether (sulfide) groups is 1. The average Bonchev–Trinajstić information content (AvgIpc) is 2.93. The fourth-order valence-corrected chi connectivity index (χ4v) is 5.02. The number of para-hydroxylation sites is 1. The first-order valence-electron chi connectivity index (χ1n) is 11.8. The summed E-state index contributed by atoms with van der Waals surface area (Å²) in [6, 6.07) is 30.7. The zero-order valence-electron chi connectivity index (χ0n) is 20.5. The maximum absolute atomic E-state index is 13.3. The molecule has 0 saturated heterocycles. The molecule has 4 aromatic carbocycles. The lowest BCUT2D eigenvalue weighted by Gasteiger charge is -2.12. The molecule has 39 heavy (non-hydrogen) atoms. The highest BCUT2D eigenvalue weighted by molar-refractivity contribution is 9.10. The SMILES string of the molecule is O=C(CSc1cccc(NC(=O)/C(=C\c2cccc(Br)c2)NC(=O)c2ccccc2)c1)Nc1ccccc1Br. The first-order valence-corrected chi connectivity index (χ1v) is 14.4. The number of anilines is 2. The van der Waals surface area contributed by atoms with Crippen LogP contribution in [-0.2, 0) is 9.59 Å². The van der Waals surface area contributed by atoms with Crippen molar-refractivity contribution in [3.05, 3.63) is 129 Å². The van der Waals surface area contributed by atoms with Crippen molar-refractivity contribution in [3.63, 3.8) is 0 Å². The van der Waals surface area contributed by atoms with E-state index in [1.807, 2.05) is 60.7 Å². The highest BCUT2D eigenvalue weighted by Crippen LogP contribution is 2.25. The Labute approximate surface area is 247 Å². The molecule has 196 valence electrons. The van der Waals surface area contributed by atoms with Gasteiger partial charge in [-0.1, -0.05) is 64.5 Å². The molecular weight excluding hydrogens is 642 g/mol. The Bertz CT molecular complexity index is 1530. The van der Waals surface area contributed by atoms with Gasteiger partial charge in [-0.25, -0.2) is 0 Å². The number of halogens is 2. The molecular formula is C30H23Br2N3O3S. The highest BCUT2D eigenvalue weighted by Gasteiger charge is 2.16. The minimum absolute atomic E-state index is 0.0906. The predicted octanol–water partition coefficient (Wildman–Crippen LogP) is 7.35. The summed E-state index contributed by atoms with van der Waals surface area (Å²) in [4.78, 5) is 39.4. The lowest BCUT2D eigenvalue weighted by atomic mass is 10.1. The molecule has 3 amide bonds. The molecule has 4 rings (SSSR count). The summed E-state index contributed by atoms with van der Waals surface area (Å²) in [6.45, 7) is 0. The number of carbonyl (C=O) groups is 3. The van der Waals surface area contributed by atoms with Crippen molar-refractivity contribution in [3.8, 4) is 0 Å². The fraction of sp³-hybridized carbons (Fsp3) is 0.0333. The summed E-state index contributed by atoms with van der Waals surface area (Å²) < 4.78 is 1.65. The van der Waals surface area contributed by atoms with Crippen LogP contribution in [0.2, 0.25) is 0 Å². The quantitative estimate of drug-likeness (QED) is 0.129. The molecule has 3 N–H and O–H groups in total. The Morgan fingerprint density at radius 3 is 2.28 bits per heavy atom. The Morgan fingerprint density at radius 2 is 1.51 bits per heavy atom. The summed E-state index contributed by atoms with van der Waals surface area (Å²) in [5.41, 5.74) is 2.50. The van der Waals surface area contributed by atoms with E-state index < -0.39 is 11.8 Å². The first-order chi connectivity index (χ1) is 18.9. The first kappa shape index (κ1) is 28.4. The predicted molar refractivity (Wildman–Crippen MR) is 165 cm³/mol. The van der Waals surface area contributed by atoms with Gasteiger partial charge in [0.25, 0.3) is 11.8 Å². The smallest absolute Gasteiger partial charge is 0.272 e. The van der Waals surface area contributed by atoms with E-state index in [2.05, 4.69) is 47.8 Å². The molecule has 4 aromatic rings. The second-order valence-electron chi connectivity index (χ2n) is 8.23. The molecule has 0 bridgehead atoms. The second kappa shape index (κ2) is 13.9. The van der Waals surface area contributed by atoms with Crippen molar-refractivity contribution >= 4 is 78.8 Å². The van der Waals surface area contributed by atoms with Crippen molar-refractivity contribution in [2.24, 2.45) is 0 Å². The van der Waals surface area contributed by atoms with Gasteiger partial charge in [-0.15, -0.1) is 11.8 Å². The Balaban J connectivity index is 1.46. The molecule has 0 spiro atoms. The third kappa shape index (κ3) is 8.68. The van der Waals surface area contributed by atoms with Crippen molar-refractivity contribution in [1.82, 2.24) is 5.32 Å². The number of hydrogen-bond acceptors (Lipinski definition) is 4. The molecule has 0 heterocycles. The van der Waals surface area contributed by atoms with Gasteiger partial charge in [0.1, 0.15) is 5.70 Å². The summed E-state index contributed by atoms with van der Waals surface area (Å²) in [5, 5.41) is 8.47. The van der Waals surface area contributed by atoms with E-state index in [4.69, 9.17) is 0 Å². The van der Waals surface area contributed by atoms with Crippen LogP contribution in [0, 0.1) is 0 Å². The molecule has 0 aromatic heterocycles. The van der Waals surface area contributed by atoms with E-state index in [0.717, 1.165) is 19.4 Å². The van der Waals surface area contributed by atoms with Crippen LogP contribution in [0.15, 0.2) is 123 Å². The average molecular weight is 665 g/mol. The molecule has 0 radical (unpaired) electrons. The van der Waals surface area contributed by atoms with Crippen LogP contribution in [0.25, 0.3) is 6.08 Å². The van der Waals surface area contributed by atoms with Gasteiger partial charge >= 0.3 is 0 Å². The fourth-order valence-electron chi connectivity index (χ4n) is 3.47. The van der Waals surface area contributed by atoms with Crippen LogP contribution < -0.4 is 16.0 Å². The third-order valence-electron chi connectivity index (χ3n) is 5.30. The maximum Gasteiger partial charge on any atom is 0.272 e. The van der Waals surface area contributed by atoms with Crippen LogP contribution in [0.1, 0.15) is 15.9 Å². The topological polar surface area (TPSA) is 87.3 Å². The maximum atomic E-state index is 13.3. The van der Waals surface area contributed by atoms with Gasteiger partial charge in [0.15, 0.2) is 0 Å². The van der Waals surface area contributed by atoms with Gasteiger partial charge in [0, 0.05) is 25.1 Å². The number of rotatable bonds is 9. The number of nitrogens with one attached hydrogen (secondary N) is 3. The van der Waals surface area contributed by atoms with Crippen molar-refractivity contribution < 1.29 is 14.4 Å². The molecule has 0 aliphatic heterocycles.